The number of ether oxygens (including phenoxy) is 4. The summed E-state index contributed by atoms with van der Waals surface area (Å²) in [5, 5.41) is 38.0. The Hall–Kier alpha value is -1.25. The number of nitrogens with zero attached hydrogens (tertiary/aromatic N) is 1. The summed E-state index contributed by atoms with van der Waals surface area (Å²) in [5.41, 5.74) is 0. The molecule has 9 unspecified atom stereocenters. The van der Waals surface area contributed by atoms with Gasteiger partial charge in [-0.3, -0.25) is 4.79 Å². The first kappa shape index (κ1) is 36.8. The molecule has 3 aliphatic rings. The van der Waals surface area contributed by atoms with Gasteiger partial charge in [-0.1, -0.05) is 37.6 Å². The number of aliphatic hydroxyl groups excluding tert-OH is 4. The van der Waals surface area contributed by atoms with Gasteiger partial charge in [0.2, 0.25) is 0 Å². The lowest BCUT2D eigenvalue weighted by molar-refractivity contribution is -0.231. The summed E-state index contributed by atoms with van der Waals surface area (Å²) in [6.07, 6.45) is 5.55. The average molecular weight is 594 g/mol. The van der Waals surface area contributed by atoms with E-state index >= 15 is 0 Å². The van der Waals surface area contributed by atoms with Gasteiger partial charge in [0, 0.05) is 6.61 Å². The van der Waals surface area contributed by atoms with Crippen molar-refractivity contribution in [3.63, 3.8) is 0 Å². The number of carbonyl (C=O) groups is 2. The summed E-state index contributed by atoms with van der Waals surface area (Å²) >= 11 is 0. The second kappa shape index (κ2) is 17.6. The van der Waals surface area contributed by atoms with Crippen LogP contribution in [0.2, 0.25) is 0 Å². The summed E-state index contributed by atoms with van der Waals surface area (Å²) < 4.78 is 23.0. The Morgan fingerprint density at radius 3 is 2.50 bits per heavy atom. The molecule has 40 heavy (non-hydrogen) atoms. The SMILES string of the molecule is CCCC=CC=CC1CC(O)C(O)C(=O)C1C=O.CN(C)CCCOC1C(C(O)CO)OC2OC(C)(C)OC21.Cl. The zero-order valence-corrected chi connectivity index (χ0v) is 24.9. The number of aliphatic hydroxyl groups is 4. The lowest BCUT2D eigenvalue weighted by Crippen LogP contribution is -2.47. The van der Waals surface area contributed by atoms with Gasteiger partial charge in [-0.2, -0.15) is 0 Å². The van der Waals surface area contributed by atoms with Crippen molar-refractivity contribution in [1.29, 1.82) is 0 Å². The Morgan fingerprint density at radius 2 is 1.90 bits per heavy atom. The van der Waals surface area contributed by atoms with Crippen molar-refractivity contribution in [3.05, 3.63) is 24.3 Å². The summed E-state index contributed by atoms with van der Waals surface area (Å²) in [5.74, 6) is -2.50. The molecule has 11 nitrogen and oxygen atoms in total. The number of allylic oxidation sites excluding steroid dienone is 4. The van der Waals surface area contributed by atoms with Crippen LogP contribution in [0.3, 0.4) is 0 Å². The number of carbonyl (C=O) groups excluding carboxylic acids is 2. The molecule has 0 amide bonds. The highest BCUT2D eigenvalue weighted by Gasteiger charge is 2.56. The summed E-state index contributed by atoms with van der Waals surface area (Å²) in [6.45, 7) is 6.77. The second-order valence-electron chi connectivity index (χ2n) is 10.9. The van der Waals surface area contributed by atoms with Gasteiger partial charge in [0.1, 0.15) is 36.8 Å². The number of rotatable bonds is 12. The number of ketones is 1. The topological polar surface area (TPSA) is 155 Å². The molecule has 1 saturated carbocycles. The maximum atomic E-state index is 11.6. The third-order valence-electron chi connectivity index (χ3n) is 6.82. The minimum atomic E-state index is -1.43. The Labute approximate surface area is 243 Å². The van der Waals surface area contributed by atoms with Gasteiger partial charge in [0.25, 0.3) is 0 Å². The molecule has 0 aromatic carbocycles. The molecule has 3 fully saturated rings. The maximum Gasteiger partial charge on any atom is 0.190 e. The molecule has 2 heterocycles. The highest BCUT2D eigenvalue weighted by atomic mass is 35.5. The Bertz CT molecular complexity index is 823. The van der Waals surface area contributed by atoms with Gasteiger partial charge in [-0.25, -0.2) is 0 Å². The monoisotopic (exact) mass is 593 g/mol. The van der Waals surface area contributed by atoms with Crippen molar-refractivity contribution in [2.24, 2.45) is 11.8 Å². The van der Waals surface area contributed by atoms with E-state index < -0.39 is 54.3 Å². The molecule has 232 valence electrons. The number of unbranched alkanes of at least 4 members (excludes halogenated alkanes) is 1. The van der Waals surface area contributed by atoms with Crippen molar-refractivity contribution >= 4 is 24.5 Å². The first-order valence-corrected chi connectivity index (χ1v) is 13.7. The van der Waals surface area contributed by atoms with Crippen molar-refractivity contribution < 1.29 is 49.0 Å². The van der Waals surface area contributed by atoms with E-state index in [1.165, 1.54) is 0 Å². The summed E-state index contributed by atoms with van der Waals surface area (Å²) in [6, 6.07) is 0. The van der Waals surface area contributed by atoms with Gasteiger partial charge >= 0.3 is 0 Å². The molecule has 2 aliphatic heterocycles. The molecule has 4 N–H and O–H groups in total. The predicted octanol–water partition coefficient (Wildman–Crippen LogP) is 1.000. The van der Waals surface area contributed by atoms with Gasteiger partial charge in [0.05, 0.1) is 18.6 Å². The van der Waals surface area contributed by atoms with Gasteiger partial charge in [0.15, 0.2) is 17.9 Å². The zero-order valence-electron chi connectivity index (χ0n) is 24.1. The lowest BCUT2D eigenvalue weighted by Gasteiger charge is -2.31. The average Bonchev–Trinajstić information content (AvgIpc) is 3.36. The molecule has 12 heteroatoms. The molecule has 2 saturated heterocycles. The molecule has 1 aliphatic carbocycles. The quantitative estimate of drug-likeness (QED) is 0.111. The Morgan fingerprint density at radius 1 is 1.20 bits per heavy atom. The van der Waals surface area contributed by atoms with Crippen LogP contribution < -0.4 is 0 Å². The molecule has 3 rings (SSSR count). The molecule has 0 aromatic rings. The van der Waals surface area contributed by atoms with Crippen LogP contribution in [0.25, 0.3) is 0 Å². The summed E-state index contributed by atoms with van der Waals surface area (Å²) in [4.78, 5) is 24.6. The van der Waals surface area contributed by atoms with Crippen LogP contribution in [-0.4, -0.2) is 120 Å². The van der Waals surface area contributed by atoms with Crippen LogP contribution in [-0.2, 0) is 28.5 Å². The van der Waals surface area contributed by atoms with E-state index in [-0.39, 0.29) is 37.5 Å². The smallest absolute Gasteiger partial charge is 0.190 e. The maximum absolute atomic E-state index is 11.6. The molecular weight excluding hydrogens is 546 g/mol. The third kappa shape index (κ3) is 10.5. The first-order chi connectivity index (χ1) is 18.4. The number of hydrogen-bond donors (Lipinski definition) is 4. The standard InChI is InChI=1S/C14H27NO6.C14H20O4.ClH/c1-14(2)20-12-11(18-7-5-6-15(3)4)10(9(17)8-16)19-13(12)21-14;1-2-3-4-5-6-7-10-8-12(16)14(18)13(17)11(10)9-15;/h9-13,16-17H,5-8H2,1-4H3;4-7,9-12,14,16,18H,2-3,8H2,1H3;1H. The minimum absolute atomic E-state index is 0. The van der Waals surface area contributed by atoms with Gasteiger partial charge in [-0.15, -0.1) is 12.4 Å². The number of aldehydes is 1. The number of hydrogen-bond acceptors (Lipinski definition) is 11. The van der Waals surface area contributed by atoms with E-state index in [4.69, 9.17) is 24.1 Å². The molecule has 0 spiro atoms. The van der Waals surface area contributed by atoms with Crippen LogP contribution in [0.5, 0.6) is 0 Å². The fourth-order valence-corrected chi connectivity index (χ4v) is 4.77. The van der Waals surface area contributed by atoms with Crippen molar-refractivity contribution in [1.82, 2.24) is 4.90 Å². The van der Waals surface area contributed by atoms with Crippen LogP contribution in [0.1, 0.15) is 46.5 Å². The molecule has 0 bridgehead atoms. The van der Waals surface area contributed by atoms with Crippen LogP contribution in [0.15, 0.2) is 24.3 Å². The number of halogens is 1. The fourth-order valence-electron chi connectivity index (χ4n) is 4.77. The second-order valence-corrected chi connectivity index (χ2v) is 10.9. The highest BCUT2D eigenvalue weighted by molar-refractivity contribution is 5.97. The Kier molecular flexibility index (Phi) is 16.2. The van der Waals surface area contributed by atoms with Gasteiger partial charge < -0.3 is 49.1 Å². The zero-order chi connectivity index (χ0) is 29.2. The molecule has 0 aromatic heterocycles. The highest BCUT2D eigenvalue weighted by Crippen LogP contribution is 2.39. The fraction of sp³-hybridized carbons (Fsp3) is 0.786. The van der Waals surface area contributed by atoms with E-state index in [9.17, 15) is 24.9 Å². The van der Waals surface area contributed by atoms with E-state index in [1.807, 2.05) is 40.1 Å². The first-order valence-electron chi connectivity index (χ1n) is 13.7. The number of fused-ring (bicyclic) bond motifs is 1. The largest absolute Gasteiger partial charge is 0.394 e. The van der Waals surface area contributed by atoms with Crippen LogP contribution in [0.4, 0.5) is 0 Å². The predicted molar refractivity (Wildman–Crippen MR) is 150 cm³/mol. The van der Waals surface area contributed by atoms with Crippen LogP contribution in [0, 0.1) is 11.8 Å². The van der Waals surface area contributed by atoms with Crippen molar-refractivity contribution in [2.75, 3.05) is 33.9 Å². The third-order valence-corrected chi connectivity index (χ3v) is 6.82. The summed E-state index contributed by atoms with van der Waals surface area (Å²) in [7, 11) is 4.01. The molecule has 9 atom stereocenters. The normalized spacial score (nSPS) is 34.0. The Balaban J connectivity index is 0.000000395. The molecule has 0 radical (unpaired) electrons. The van der Waals surface area contributed by atoms with Crippen molar-refractivity contribution in [3.8, 4) is 0 Å². The van der Waals surface area contributed by atoms with E-state index in [1.54, 1.807) is 12.2 Å². The van der Waals surface area contributed by atoms with E-state index in [2.05, 4.69) is 11.8 Å². The van der Waals surface area contributed by atoms with E-state index in [0.29, 0.717) is 12.9 Å². The van der Waals surface area contributed by atoms with E-state index in [0.717, 1.165) is 25.8 Å². The van der Waals surface area contributed by atoms with Gasteiger partial charge in [-0.05, 0) is 59.7 Å². The van der Waals surface area contributed by atoms with Crippen LogP contribution >= 0.6 is 12.4 Å². The van der Waals surface area contributed by atoms with Crippen molar-refractivity contribution in [2.45, 2.75) is 95.2 Å². The number of Topliss-reactive ketones (excluding diaryl/α,β-unsaturated/α-hetero) is 1. The molecular formula is C28H48ClNO10. The lowest BCUT2D eigenvalue weighted by atomic mass is 9.76. The minimum Gasteiger partial charge on any atom is -0.394 e.